The molecule has 5 nitrogen and oxygen atoms in total. The maximum atomic E-state index is 5.55. The van der Waals surface area contributed by atoms with E-state index in [-0.39, 0.29) is 6.04 Å². The minimum atomic E-state index is -0.0544. The van der Waals surface area contributed by atoms with E-state index in [2.05, 4.69) is 15.3 Å². The fraction of sp³-hybridized carbons (Fsp3) is 0.462. The van der Waals surface area contributed by atoms with Crippen molar-refractivity contribution in [3.8, 4) is 0 Å². The highest BCUT2D eigenvalue weighted by atomic mass is 32.1. The Hall–Kier alpha value is -1.69. The molecule has 19 heavy (non-hydrogen) atoms. The molecule has 6 heteroatoms. The number of nitrogens with one attached hydrogen (secondary N) is 1. The molecule has 1 aromatic rings. The van der Waals surface area contributed by atoms with Crippen molar-refractivity contribution in [3.05, 3.63) is 30.1 Å². The number of nitrogens with zero attached hydrogens (tertiary/aromatic N) is 3. The number of rotatable bonds is 3. The SMILES string of the molecule is CCNC(=S)N1CCOC1=NC(C)c1ccccn1. The van der Waals surface area contributed by atoms with Gasteiger partial charge in [0.15, 0.2) is 5.11 Å². The monoisotopic (exact) mass is 278 g/mol. The molecule has 2 heterocycles. The number of hydrogen-bond acceptors (Lipinski definition) is 4. The summed E-state index contributed by atoms with van der Waals surface area (Å²) in [5.74, 6) is 0. The van der Waals surface area contributed by atoms with Crippen LogP contribution in [-0.4, -0.2) is 40.7 Å². The molecule has 0 spiro atoms. The number of pyridine rings is 1. The Bertz CT molecular complexity index is 463. The molecule has 1 saturated heterocycles. The minimum Gasteiger partial charge on any atom is -0.463 e. The second-order valence-corrected chi connectivity index (χ2v) is 4.56. The van der Waals surface area contributed by atoms with E-state index in [1.54, 1.807) is 6.20 Å². The molecule has 2 rings (SSSR count). The molecule has 0 radical (unpaired) electrons. The van der Waals surface area contributed by atoms with Crippen molar-refractivity contribution in [3.63, 3.8) is 0 Å². The second kappa shape index (κ2) is 6.47. The molecule has 1 unspecified atom stereocenters. The molecule has 1 aliphatic heterocycles. The van der Waals surface area contributed by atoms with Crippen LogP contribution in [0.15, 0.2) is 29.4 Å². The van der Waals surface area contributed by atoms with Crippen LogP contribution in [0.25, 0.3) is 0 Å². The molecule has 0 amide bonds. The fourth-order valence-corrected chi connectivity index (χ4v) is 2.11. The average molecular weight is 278 g/mol. The minimum absolute atomic E-state index is 0.0544. The number of aromatic nitrogens is 1. The maximum Gasteiger partial charge on any atom is 0.294 e. The summed E-state index contributed by atoms with van der Waals surface area (Å²) in [6.45, 7) is 6.14. The molecule has 0 aliphatic carbocycles. The van der Waals surface area contributed by atoms with E-state index in [9.17, 15) is 0 Å². The number of aliphatic imine (C=N–C) groups is 1. The molecule has 0 bridgehead atoms. The van der Waals surface area contributed by atoms with Gasteiger partial charge >= 0.3 is 0 Å². The van der Waals surface area contributed by atoms with Crippen LogP contribution < -0.4 is 5.32 Å². The molecule has 1 aromatic heterocycles. The third-order valence-electron chi connectivity index (χ3n) is 2.77. The molecule has 0 saturated carbocycles. The van der Waals surface area contributed by atoms with Crippen LogP contribution in [0.1, 0.15) is 25.6 Å². The Morgan fingerprint density at radius 1 is 1.63 bits per heavy atom. The van der Waals surface area contributed by atoms with Crippen LogP contribution in [0.3, 0.4) is 0 Å². The zero-order valence-corrected chi connectivity index (χ0v) is 12.0. The predicted octanol–water partition coefficient (Wildman–Crippen LogP) is 1.73. The predicted molar refractivity (Wildman–Crippen MR) is 79.0 cm³/mol. The van der Waals surface area contributed by atoms with Crippen LogP contribution in [0.2, 0.25) is 0 Å². The Kier molecular flexibility index (Phi) is 4.68. The first-order chi connectivity index (χ1) is 9.22. The summed E-state index contributed by atoms with van der Waals surface area (Å²) >= 11 is 5.30. The normalized spacial score (nSPS) is 18.2. The summed E-state index contributed by atoms with van der Waals surface area (Å²) in [7, 11) is 0. The summed E-state index contributed by atoms with van der Waals surface area (Å²) in [5.41, 5.74) is 0.916. The van der Waals surface area contributed by atoms with Crippen molar-refractivity contribution in [2.75, 3.05) is 19.7 Å². The van der Waals surface area contributed by atoms with Crippen molar-refractivity contribution in [2.24, 2.45) is 4.99 Å². The van der Waals surface area contributed by atoms with Crippen LogP contribution in [0.5, 0.6) is 0 Å². The highest BCUT2D eigenvalue weighted by Gasteiger charge is 2.24. The topological polar surface area (TPSA) is 49.8 Å². The second-order valence-electron chi connectivity index (χ2n) is 4.18. The molecule has 1 aliphatic rings. The lowest BCUT2D eigenvalue weighted by molar-refractivity contribution is 0.348. The molecular weight excluding hydrogens is 260 g/mol. The first-order valence-electron chi connectivity index (χ1n) is 6.39. The summed E-state index contributed by atoms with van der Waals surface area (Å²) in [6, 6.07) is 6.32. The smallest absolute Gasteiger partial charge is 0.294 e. The number of thiocarbonyl (C=S) groups is 1. The summed E-state index contributed by atoms with van der Waals surface area (Å²) < 4.78 is 5.55. The molecule has 102 valence electrons. The van der Waals surface area contributed by atoms with Gasteiger partial charge in [-0.15, -0.1) is 0 Å². The molecule has 1 atom stereocenters. The standard InChI is InChI=1S/C13H18N4OS/c1-3-14-13(19)17-8-9-18-12(17)16-10(2)11-6-4-5-7-15-11/h4-7,10H,3,8-9H2,1-2H3,(H,14,19). The molecule has 1 N–H and O–H groups in total. The van der Waals surface area contributed by atoms with Crippen molar-refractivity contribution < 1.29 is 4.74 Å². The van der Waals surface area contributed by atoms with Gasteiger partial charge in [0.05, 0.1) is 18.3 Å². The first kappa shape index (κ1) is 13.7. The molecule has 0 aromatic carbocycles. The average Bonchev–Trinajstić information content (AvgIpc) is 2.88. The van der Waals surface area contributed by atoms with E-state index in [1.165, 1.54) is 0 Å². The maximum absolute atomic E-state index is 5.55. The van der Waals surface area contributed by atoms with E-state index in [4.69, 9.17) is 17.0 Å². The van der Waals surface area contributed by atoms with E-state index >= 15 is 0 Å². The Labute approximate surface area is 118 Å². The van der Waals surface area contributed by atoms with Crippen LogP contribution >= 0.6 is 12.2 Å². The van der Waals surface area contributed by atoms with Crippen molar-refractivity contribution >= 4 is 23.4 Å². The van der Waals surface area contributed by atoms with Crippen LogP contribution in [0.4, 0.5) is 0 Å². The number of ether oxygens (including phenoxy) is 1. The van der Waals surface area contributed by atoms with Crippen molar-refractivity contribution in [1.82, 2.24) is 15.2 Å². The van der Waals surface area contributed by atoms with Gasteiger partial charge in [0.2, 0.25) is 0 Å². The van der Waals surface area contributed by atoms with Gasteiger partial charge < -0.3 is 10.1 Å². The van der Waals surface area contributed by atoms with Crippen LogP contribution in [0, 0.1) is 0 Å². The van der Waals surface area contributed by atoms with Gasteiger partial charge in [-0.25, -0.2) is 4.99 Å². The number of hydrogen-bond donors (Lipinski definition) is 1. The highest BCUT2D eigenvalue weighted by Crippen LogP contribution is 2.16. The Balaban J connectivity index is 2.11. The largest absolute Gasteiger partial charge is 0.463 e. The van der Waals surface area contributed by atoms with Gasteiger partial charge in [-0.2, -0.15) is 0 Å². The van der Waals surface area contributed by atoms with Crippen molar-refractivity contribution in [2.45, 2.75) is 19.9 Å². The quantitative estimate of drug-likeness (QED) is 0.853. The lowest BCUT2D eigenvalue weighted by Gasteiger charge is -2.18. The zero-order valence-electron chi connectivity index (χ0n) is 11.2. The highest BCUT2D eigenvalue weighted by molar-refractivity contribution is 7.80. The Morgan fingerprint density at radius 2 is 2.47 bits per heavy atom. The summed E-state index contributed by atoms with van der Waals surface area (Å²) in [4.78, 5) is 10.7. The lowest BCUT2D eigenvalue weighted by atomic mass is 10.2. The first-order valence-corrected chi connectivity index (χ1v) is 6.80. The third-order valence-corrected chi connectivity index (χ3v) is 3.13. The summed E-state index contributed by atoms with van der Waals surface area (Å²) in [6.07, 6.45) is 1.77. The van der Waals surface area contributed by atoms with Crippen molar-refractivity contribution in [1.29, 1.82) is 0 Å². The summed E-state index contributed by atoms with van der Waals surface area (Å²) in [5, 5.41) is 3.77. The fourth-order valence-electron chi connectivity index (χ4n) is 1.80. The van der Waals surface area contributed by atoms with E-state index < -0.39 is 0 Å². The van der Waals surface area contributed by atoms with Crippen LogP contribution in [-0.2, 0) is 4.74 Å². The van der Waals surface area contributed by atoms with E-state index in [0.29, 0.717) is 17.7 Å². The van der Waals surface area contributed by atoms with Gasteiger partial charge in [0, 0.05) is 12.7 Å². The van der Waals surface area contributed by atoms with E-state index in [0.717, 1.165) is 18.8 Å². The molecule has 1 fully saturated rings. The van der Waals surface area contributed by atoms with Gasteiger partial charge in [-0.3, -0.25) is 9.88 Å². The van der Waals surface area contributed by atoms with Gasteiger partial charge in [0.25, 0.3) is 6.02 Å². The number of amidine groups is 1. The zero-order chi connectivity index (χ0) is 13.7. The molecular formula is C13H18N4OS. The van der Waals surface area contributed by atoms with Gasteiger partial charge in [0.1, 0.15) is 6.61 Å². The van der Waals surface area contributed by atoms with Gasteiger partial charge in [-0.1, -0.05) is 6.07 Å². The van der Waals surface area contributed by atoms with Gasteiger partial charge in [-0.05, 0) is 38.2 Å². The Morgan fingerprint density at radius 3 is 3.16 bits per heavy atom. The third kappa shape index (κ3) is 3.41. The lowest BCUT2D eigenvalue weighted by Crippen LogP contribution is -2.40. The van der Waals surface area contributed by atoms with E-state index in [1.807, 2.05) is 36.9 Å².